The predicted molar refractivity (Wildman–Crippen MR) is 102 cm³/mol. The van der Waals surface area contributed by atoms with Gasteiger partial charge in [0.15, 0.2) is 11.5 Å². The molecule has 27 heavy (non-hydrogen) atoms. The van der Waals surface area contributed by atoms with Crippen LogP contribution < -0.4 is 14.8 Å². The number of nitrogens with one attached hydrogen (secondary N) is 1. The molecule has 0 saturated carbocycles. The normalized spacial score (nSPS) is 18.7. The monoisotopic (exact) mass is 397 g/mol. The summed E-state index contributed by atoms with van der Waals surface area (Å²) in [5, 5.41) is 3.05. The van der Waals surface area contributed by atoms with E-state index >= 15 is 0 Å². The molecule has 0 atom stereocenters. The van der Waals surface area contributed by atoms with Gasteiger partial charge in [0, 0.05) is 32.2 Å². The van der Waals surface area contributed by atoms with Crippen LogP contribution in [0.3, 0.4) is 0 Å². The first kappa shape index (κ1) is 19.8. The third-order valence-electron chi connectivity index (χ3n) is 5.26. The van der Waals surface area contributed by atoms with E-state index in [0.29, 0.717) is 50.5 Å². The molecule has 150 valence electrons. The number of urea groups is 1. The van der Waals surface area contributed by atoms with Crippen molar-refractivity contribution in [3.05, 3.63) is 23.3 Å². The number of fused-ring (bicyclic) bond motifs is 1. The zero-order chi connectivity index (χ0) is 19.6. The zero-order valence-corrected chi connectivity index (χ0v) is 16.8. The first-order valence-corrected chi connectivity index (χ1v) is 10.9. The maximum atomic E-state index is 12.7. The lowest BCUT2D eigenvalue weighted by molar-refractivity contribution is 0.182. The number of rotatable bonds is 4. The van der Waals surface area contributed by atoms with Gasteiger partial charge < -0.3 is 19.7 Å². The fraction of sp³-hybridized carbons (Fsp3) is 0.611. The summed E-state index contributed by atoms with van der Waals surface area (Å²) in [6, 6.07) is 3.80. The molecule has 2 amide bonds. The third kappa shape index (κ3) is 4.47. The Morgan fingerprint density at radius 3 is 2.22 bits per heavy atom. The summed E-state index contributed by atoms with van der Waals surface area (Å²) in [4.78, 5) is 14.4. The van der Waals surface area contributed by atoms with Crippen molar-refractivity contribution >= 4 is 16.1 Å². The Labute approximate surface area is 160 Å². The van der Waals surface area contributed by atoms with Gasteiger partial charge in [-0.3, -0.25) is 0 Å². The maximum Gasteiger partial charge on any atom is 0.317 e. The lowest BCUT2D eigenvalue weighted by Gasteiger charge is -2.34. The molecule has 1 N–H and O–H groups in total. The summed E-state index contributed by atoms with van der Waals surface area (Å²) in [7, 11) is 0.0546. The molecular weight excluding hydrogens is 370 g/mol. The second-order valence-electron chi connectivity index (χ2n) is 7.03. The molecule has 2 aliphatic rings. The first-order valence-electron chi connectivity index (χ1n) is 9.06. The number of carbonyl (C=O) groups is 1. The van der Waals surface area contributed by atoms with E-state index in [1.807, 2.05) is 12.1 Å². The molecule has 0 radical (unpaired) electrons. The Morgan fingerprint density at radius 1 is 1.07 bits per heavy atom. The second-order valence-corrected chi connectivity index (χ2v) is 9.02. The molecule has 0 aliphatic carbocycles. The van der Waals surface area contributed by atoms with Gasteiger partial charge in [0.05, 0.1) is 20.5 Å². The summed E-state index contributed by atoms with van der Waals surface area (Å²) < 4.78 is 35.3. The van der Waals surface area contributed by atoms with Crippen LogP contribution in [0.2, 0.25) is 0 Å². The molecule has 1 aromatic rings. The van der Waals surface area contributed by atoms with Crippen LogP contribution in [0.25, 0.3) is 0 Å². The van der Waals surface area contributed by atoms with Crippen molar-refractivity contribution in [2.75, 3.05) is 40.1 Å². The Hall–Kier alpha value is -2.00. The first-order chi connectivity index (χ1) is 12.8. The molecule has 3 rings (SSSR count). The van der Waals surface area contributed by atoms with Crippen molar-refractivity contribution < 1.29 is 22.7 Å². The van der Waals surface area contributed by atoms with Gasteiger partial charge in [-0.2, -0.15) is 0 Å². The van der Waals surface area contributed by atoms with Crippen LogP contribution in [0.1, 0.15) is 24.0 Å². The van der Waals surface area contributed by atoms with E-state index < -0.39 is 10.0 Å². The van der Waals surface area contributed by atoms with Gasteiger partial charge in [-0.05, 0) is 42.5 Å². The van der Waals surface area contributed by atoms with Crippen LogP contribution in [-0.2, 0) is 23.0 Å². The van der Waals surface area contributed by atoms with Gasteiger partial charge in [0.2, 0.25) is 10.0 Å². The molecule has 0 unspecified atom stereocenters. The van der Waals surface area contributed by atoms with Crippen molar-refractivity contribution in [1.29, 1.82) is 0 Å². The molecule has 2 heterocycles. The number of methoxy groups -OCH3 is 2. The summed E-state index contributed by atoms with van der Waals surface area (Å²) >= 11 is 0. The van der Waals surface area contributed by atoms with Crippen LogP contribution in [0.4, 0.5) is 4.79 Å². The lowest BCUT2D eigenvalue weighted by atomic mass is 9.99. The van der Waals surface area contributed by atoms with Crippen LogP contribution in [-0.4, -0.2) is 69.8 Å². The number of piperidine rings is 1. The van der Waals surface area contributed by atoms with E-state index in [1.165, 1.54) is 10.6 Å². The van der Waals surface area contributed by atoms with Gasteiger partial charge in [0.25, 0.3) is 0 Å². The summed E-state index contributed by atoms with van der Waals surface area (Å²) in [5.41, 5.74) is 2.22. The molecule has 9 heteroatoms. The van der Waals surface area contributed by atoms with E-state index in [1.54, 1.807) is 19.1 Å². The SMILES string of the molecule is COc1cc2c(cc1OC)CN(C(=O)NC1CCN(S(C)(=O)=O)CC1)CC2. The summed E-state index contributed by atoms with van der Waals surface area (Å²) in [5.74, 6) is 1.36. The highest BCUT2D eigenvalue weighted by molar-refractivity contribution is 7.88. The molecule has 1 aromatic carbocycles. The molecule has 0 spiro atoms. The van der Waals surface area contributed by atoms with Gasteiger partial charge in [-0.15, -0.1) is 0 Å². The van der Waals surface area contributed by atoms with Gasteiger partial charge in [0.1, 0.15) is 0 Å². The average molecular weight is 397 g/mol. The smallest absolute Gasteiger partial charge is 0.317 e. The molecule has 0 aromatic heterocycles. The standard InChI is InChI=1S/C18H27N3O5S/c1-25-16-10-13-4-7-20(12-14(13)11-17(16)26-2)18(22)19-15-5-8-21(9-6-15)27(3,23)24/h10-11,15H,4-9,12H2,1-3H3,(H,19,22). The minimum Gasteiger partial charge on any atom is -0.493 e. The van der Waals surface area contributed by atoms with Gasteiger partial charge >= 0.3 is 6.03 Å². The number of ether oxygens (including phenoxy) is 2. The maximum absolute atomic E-state index is 12.7. The van der Waals surface area contributed by atoms with Crippen molar-refractivity contribution in [2.45, 2.75) is 31.8 Å². The van der Waals surface area contributed by atoms with Crippen molar-refractivity contribution in [3.63, 3.8) is 0 Å². The molecule has 0 bridgehead atoms. The van der Waals surface area contributed by atoms with Gasteiger partial charge in [-0.1, -0.05) is 0 Å². The summed E-state index contributed by atoms with van der Waals surface area (Å²) in [6.45, 7) is 2.05. The molecule has 1 saturated heterocycles. The quantitative estimate of drug-likeness (QED) is 0.825. The Balaban J connectivity index is 1.60. The number of benzene rings is 1. The topological polar surface area (TPSA) is 88.2 Å². The molecule has 2 aliphatic heterocycles. The van der Waals surface area contributed by atoms with E-state index in [2.05, 4.69) is 5.32 Å². The van der Waals surface area contributed by atoms with Crippen molar-refractivity contribution in [3.8, 4) is 11.5 Å². The number of hydrogen-bond donors (Lipinski definition) is 1. The highest BCUT2D eigenvalue weighted by Gasteiger charge is 2.28. The Kier molecular flexibility index (Phi) is 5.81. The lowest BCUT2D eigenvalue weighted by Crippen LogP contribution is -2.50. The number of hydrogen-bond acceptors (Lipinski definition) is 5. The highest BCUT2D eigenvalue weighted by atomic mass is 32.2. The van der Waals surface area contributed by atoms with Crippen LogP contribution in [0, 0.1) is 0 Å². The number of carbonyl (C=O) groups excluding carboxylic acids is 1. The molecule has 1 fully saturated rings. The second kappa shape index (κ2) is 7.93. The van der Waals surface area contributed by atoms with E-state index in [-0.39, 0.29) is 12.1 Å². The van der Waals surface area contributed by atoms with Gasteiger partial charge in [-0.25, -0.2) is 17.5 Å². The predicted octanol–water partition coefficient (Wildman–Crippen LogP) is 1.20. The number of sulfonamides is 1. The van der Waals surface area contributed by atoms with Crippen LogP contribution in [0.5, 0.6) is 11.5 Å². The zero-order valence-electron chi connectivity index (χ0n) is 16.0. The number of nitrogens with zero attached hydrogens (tertiary/aromatic N) is 2. The minimum atomic E-state index is -3.16. The highest BCUT2D eigenvalue weighted by Crippen LogP contribution is 2.33. The molecule has 8 nitrogen and oxygen atoms in total. The Bertz CT molecular complexity index is 803. The van der Waals surface area contributed by atoms with E-state index in [9.17, 15) is 13.2 Å². The largest absolute Gasteiger partial charge is 0.493 e. The van der Waals surface area contributed by atoms with Crippen molar-refractivity contribution in [2.24, 2.45) is 0 Å². The average Bonchev–Trinajstić information content (AvgIpc) is 2.66. The molecular formula is C18H27N3O5S. The number of amides is 2. The minimum absolute atomic E-state index is 0.00213. The van der Waals surface area contributed by atoms with Crippen molar-refractivity contribution in [1.82, 2.24) is 14.5 Å². The van der Waals surface area contributed by atoms with Crippen LogP contribution in [0.15, 0.2) is 12.1 Å². The van der Waals surface area contributed by atoms with E-state index in [0.717, 1.165) is 17.5 Å². The summed E-state index contributed by atoms with van der Waals surface area (Å²) in [6.07, 6.45) is 3.25. The van der Waals surface area contributed by atoms with E-state index in [4.69, 9.17) is 9.47 Å². The fourth-order valence-electron chi connectivity index (χ4n) is 3.65. The third-order valence-corrected chi connectivity index (χ3v) is 6.56. The Morgan fingerprint density at radius 2 is 1.67 bits per heavy atom. The fourth-order valence-corrected chi connectivity index (χ4v) is 4.53. The van der Waals surface area contributed by atoms with Crippen LogP contribution >= 0.6 is 0 Å².